The largest absolute Gasteiger partial charge is 0.490 e. The number of amides is 1. The standard InChI is InChI=1S/C25H25BrN2O2S/c1-16(2)30-21-13-12-17(14-20(21)26)15-27-25-23(19-10-6-7-11-22(19)31-25)24(29)28-18-8-4-3-5-9-18/h3-5,8-9,12-16H,6-7,10-11H2,1-2H3,(H,28,29). The summed E-state index contributed by atoms with van der Waals surface area (Å²) in [7, 11) is 0. The Morgan fingerprint density at radius 2 is 1.94 bits per heavy atom. The summed E-state index contributed by atoms with van der Waals surface area (Å²) in [5, 5.41) is 3.81. The maximum absolute atomic E-state index is 13.2. The van der Waals surface area contributed by atoms with Crippen LogP contribution in [-0.2, 0) is 12.8 Å². The summed E-state index contributed by atoms with van der Waals surface area (Å²) in [6, 6.07) is 15.5. The van der Waals surface area contributed by atoms with Crippen molar-refractivity contribution >= 4 is 50.1 Å². The molecule has 1 N–H and O–H groups in total. The van der Waals surface area contributed by atoms with Gasteiger partial charge in [0.1, 0.15) is 10.8 Å². The number of nitrogens with one attached hydrogen (secondary N) is 1. The van der Waals surface area contributed by atoms with Crippen LogP contribution in [0.3, 0.4) is 0 Å². The van der Waals surface area contributed by atoms with Crippen LogP contribution in [-0.4, -0.2) is 18.2 Å². The average molecular weight is 497 g/mol. The summed E-state index contributed by atoms with van der Waals surface area (Å²) < 4.78 is 6.67. The van der Waals surface area contributed by atoms with E-state index < -0.39 is 0 Å². The molecule has 31 heavy (non-hydrogen) atoms. The van der Waals surface area contributed by atoms with Crippen LogP contribution in [0.5, 0.6) is 5.75 Å². The third-order valence-electron chi connectivity index (χ3n) is 5.06. The molecule has 0 unspecified atom stereocenters. The number of carbonyl (C=O) groups excluding carboxylic acids is 1. The molecule has 0 bridgehead atoms. The molecule has 0 fully saturated rings. The highest BCUT2D eigenvalue weighted by Gasteiger charge is 2.25. The Kier molecular flexibility index (Phi) is 6.88. The van der Waals surface area contributed by atoms with Gasteiger partial charge in [0.2, 0.25) is 0 Å². The topological polar surface area (TPSA) is 50.7 Å². The number of rotatable bonds is 6. The Bertz CT molecular complexity index is 1110. The van der Waals surface area contributed by atoms with Crippen molar-refractivity contribution in [3.8, 4) is 5.75 Å². The van der Waals surface area contributed by atoms with Gasteiger partial charge in [-0.1, -0.05) is 18.2 Å². The van der Waals surface area contributed by atoms with E-state index >= 15 is 0 Å². The van der Waals surface area contributed by atoms with Gasteiger partial charge in [-0.15, -0.1) is 11.3 Å². The number of para-hydroxylation sites is 1. The number of anilines is 1. The molecule has 0 radical (unpaired) electrons. The molecule has 1 aliphatic rings. The van der Waals surface area contributed by atoms with Crippen LogP contribution in [0.25, 0.3) is 0 Å². The SMILES string of the molecule is CC(C)Oc1ccc(C=Nc2sc3c(c2C(=O)Nc2ccccc2)CCCC3)cc1Br. The van der Waals surface area contributed by atoms with Gasteiger partial charge in [0, 0.05) is 16.8 Å². The summed E-state index contributed by atoms with van der Waals surface area (Å²) in [6.45, 7) is 4.00. The van der Waals surface area contributed by atoms with Crippen LogP contribution in [0.4, 0.5) is 10.7 Å². The van der Waals surface area contributed by atoms with Crippen molar-refractivity contribution in [2.24, 2.45) is 4.99 Å². The molecule has 6 heteroatoms. The van der Waals surface area contributed by atoms with E-state index in [-0.39, 0.29) is 12.0 Å². The molecule has 0 spiro atoms. The summed E-state index contributed by atoms with van der Waals surface area (Å²) in [4.78, 5) is 19.2. The van der Waals surface area contributed by atoms with E-state index in [1.807, 2.05) is 68.6 Å². The van der Waals surface area contributed by atoms with E-state index in [9.17, 15) is 4.79 Å². The lowest BCUT2D eigenvalue weighted by atomic mass is 9.95. The number of fused-ring (bicyclic) bond motifs is 1. The molecule has 0 atom stereocenters. The Balaban J connectivity index is 1.63. The number of aryl methyl sites for hydroxylation is 1. The second-order valence-corrected chi connectivity index (χ2v) is 9.76. The average Bonchev–Trinajstić information content (AvgIpc) is 3.13. The Morgan fingerprint density at radius 3 is 2.68 bits per heavy atom. The zero-order valence-corrected chi connectivity index (χ0v) is 20.1. The second-order valence-electron chi connectivity index (χ2n) is 7.83. The Hall–Kier alpha value is -2.44. The van der Waals surface area contributed by atoms with Gasteiger partial charge < -0.3 is 10.1 Å². The van der Waals surface area contributed by atoms with Gasteiger partial charge in [0.15, 0.2) is 0 Å². The van der Waals surface area contributed by atoms with E-state index in [2.05, 4.69) is 21.2 Å². The minimum Gasteiger partial charge on any atom is -0.490 e. The molecule has 2 aromatic carbocycles. The third-order valence-corrected chi connectivity index (χ3v) is 6.88. The summed E-state index contributed by atoms with van der Waals surface area (Å²) in [5.41, 5.74) is 3.63. The predicted molar refractivity (Wildman–Crippen MR) is 133 cm³/mol. The molecule has 0 aliphatic heterocycles. The molecule has 4 nitrogen and oxygen atoms in total. The molecule has 1 aliphatic carbocycles. The lowest BCUT2D eigenvalue weighted by molar-refractivity contribution is 0.102. The first-order valence-corrected chi connectivity index (χ1v) is 12.1. The Labute approximate surface area is 195 Å². The third kappa shape index (κ3) is 5.25. The minimum atomic E-state index is -0.0837. The molecule has 0 saturated heterocycles. The Morgan fingerprint density at radius 1 is 1.16 bits per heavy atom. The van der Waals surface area contributed by atoms with Gasteiger partial charge >= 0.3 is 0 Å². The number of aliphatic imine (C=N–C) groups is 1. The van der Waals surface area contributed by atoms with Crippen LogP contribution in [0.2, 0.25) is 0 Å². The number of thiophene rings is 1. The molecule has 3 aromatic rings. The van der Waals surface area contributed by atoms with Crippen molar-refractivity contribution in [2.45, 2.75) is 45.6 Å². The molecule has 1 aromatic heterocycles. The first kappa shape index (κ1) is 21.8. The van der Waals surface area contributed by atoms with Crippen molar-refractivity contribution < 1.29 is 9.53 Å². The fourth-order valence-corrected chi connectivity index (χ4v) is 5.39. The molecule has 1 heterocycles. The fraction of sp³-hybridized carbons (Fsp3) is 0.280. The summed E-state index contributed by atoms with van der Waals surface area (Å²) >= 11 is 5.22. The molecule has 1 amide bonds. The molecule has 4 rings (SSSR count). The van der Waals surface area contributed by atoms with Crippen LogP contribution in [0.15, 0.2) is 58.0 Å². The summed E-state index contributed by atoms with van der Waals surface area (Å²) in [5.74, 6) is 0.723. The van der Waals surface area contributed by atoms with Crippen molar-refractivity contribution in [3.63, 3.8) is 0 Å². The number of ether oxygens (including phenoxy) is 1. The van der Waals surface area contributed by atoms with E-state index in [0.717, 1.165) is 51.3 Å². The molecular weight excluding hydrogens is 472 g/mol. The summed E-state index contributed by atoms with van der Waals surface area (Å²) in [6.07, 6.45) is 6.17. The monoisotopic (exact) mass is 496 g/mol. The van der Waals surface area contributed by atoms with Crippen molar-refractivity contribution in [1.29, 1.82) is 0 Å². The predicted octanol–water partition coefficient (Wildman–Crippen LogP) is 7.18. The maximum Gasteiger partial charge on any atom is 0.259 e. The lowest BCUT2D eigenvalue weighted by Crippen LogP contribution is -2.14. The van der Waals surface area contributed by atoms with E-state index in [0.29, 0.717) is 0 Å². The highest BCUT2D eigenvalue weighted by atomic mass is 79.9. The van der Waals surface area contributed by atoms with Crippen LogP contribution in [0.1, 0.15) is 53.1 Å². The number of halogens is 1. The fourth-order valence-electron chi connectivity index (χ4n) is 3.67. The van der Waals surface area contributed by atoms with Gasteiger partial charge in [-0.05, 0) is 96.9 Å². The van der Waals surface area contributed by atoms with Gasteiger partial charge in [-0.2, -0.15) is 0 Å². The molecular formula is C25H25BrN2O2S. The van der Waals surface area contributed by atoms with Gasteiger partial charge in [0.05, 0.1) is 16.1 Å². The highest BCUT2D eigenvalue weighted by Crippen LogP contribution is 2.40. The molecule has 160 valence electrons. The van der Waals surface area contributed by atoms with Crippen LogP contribution >= 0.6 is 27.3 Å². The first-order chi connectivity index (χ1) is 15.0. The zero-order chi connectivity index (χ0) is 21.8. The van der Waals surface area contributed by atoms with Gasteiger partial charge in [0.25, 0.3) is 5.91 Å². The number of carbonyl (C=O) groups is 1. The zero-order valence-electron chi connectivity index (χ0n) is 17.7. The van der Waals surface area contributed by atoms with Crippen molar-refractivity contribution in [1.82, 2.24) is 0 Å². The normalized spacial score (nSPS) is 13.4. The van der Waals surface area contributed by atoms with E-state index in [1.54, 1.807) is 11.3 Å². The smallest absolute Gasteiger partial charge is 0.259 e. The van der Waals surface area contributed by atoms with Gasteiger partial charge in [-0.25, -0.2) is 4.99 Å². The quantitative estimate of drug-likeness (QED) is 0.367. The van der Waals surface area contributed by atoms with Crippen LogP contribution < -0.4 is 10.1 Å². The highest BCUT2D eigenvalue weighted by molar-refractivity contribution is 9.10. The van der Waals surface area contributed by atoms with Gasteiger partial charge in [-0.3, -0.25) is 4.79 Å². The van der Waals surface area contributed by atoms with E-state index in [1.165, 1.54) is 16.9 Å². The van der Waals surface area contributed by atoms with E-state index in [4.69, 9.17) is 9.73 Å². The number of hydrogen-bond acceptors (Lipinski definition) is 4. The maximum atomic E-state index is 13.2. The number of benzene rings is 2. The first-order valence-electron chi connectivity index (χ1n) is 10.5. The molecule has 0 saturated carbocycles. The van der Waals surface area contributed by atoms with Crippen molar-refractivity contribution in [3.05, 3.63) is 74.6 Å². The van der Waals surface area contributed by atoms with Crippen molar-refractivity contribution in [2.75, 3.05) is 5.32 Å². The number of nitrogens with zero attached hydrogens (tertiary/aromatic N) is 1. The van der Waals surface area contributed by atoms with Crippen LogP contribution in [0, 0.1) is 0 Å². The number of hydrogen-bond donors (Lipinski definition) is 1. The lowest BCUT2D eigenvalue weighted by Gasteiger charge is -2.12. The minimum absolute atomic E-state index is 0.0837. The second kappa shape index (κ2) is 9.79.